The number of aliphatic hydroxyl groups is 1. The third kappa shape index (κ3) is 3.98. The number of aliphatic carboxylic acids is 1. The summed E-state index contributed by atoms with van der Waals surface area (Å²) in [6.45, 7) is 1.34. The second-order valence-corrected chi connectivity index (χ2v) is 4.69. The van der Waals surface area contributed by atoms with Crippen LogP contribution in [0.15, 0.2) is 0 Å². The molecule has 4 atom stereocenters. The summed E-state index contributed by atoms with van der Waals surface area (Å²) < 4.78 is 0. The highest BCUT2D eigenvalue weighted by Gasteiger charge is 2.30. The highest BCUT2D eigenvalue weighted by atomic mass is 16.4. The molecule has 0 bridgehead atoms. The lowest BCUT2D eigenvalue weighted by Crippen LogP contribution is -2.50. The largest absolute Gasteiger partial charge is 0.480 e. The Morgan fingerprint density at radius 3 is 2.53 bits per heavy atom. The zero-order chi connectivity index (χ0) is 13.0. The van der Waals surface area contributed by atoms with Crippen molar-refractivity contribution in [2.75, 3.05) is 0 Å². The van der Waals surface area contributed by atoms with E-state index in [4.69, 9.17) is 10.8 Å². The van der Waals surface area contributed by atoms with Gasteiger partial charge < -0.3 is 21.3 Å². The number of carboxylic acid groups (broad SMARTS) is 1. The molecule has 2 unspecified atom stereocenters. The maximum atomic E-state index is 11.8. The van der Waals surface area contributed by atoms with Crippen molar-refractivity contribution in [3.8, 4) is 0 Å². The number of rotatable bonds is 4. The van der Waals surface area contributed by atoms with Crippen molar-refractivity contribution in [2.45, 2.75) is 50.8 Å². The summed E-state index contributed by atoms with van der Waals surface area (Å²) in [6, 6.07) is -1.24. The lowest BCUT2D eigenvalue weighted by molar-refractivity contribution is -0.145. The molecule has 1 saturated carbocycles. The van der Waals surface area contributed by atoms with Gasteiger partial charge in [-0.25, -0.2) is 4.79 Å². The first-order valence-electron chi connectivity index (χ1n) is 5.88. The maximum Gasteiger partial charge on any atom is 0.328 e. The van der Waals surface area contributed by atoms with E-state index in [1.807, 2.05) is 0 Å². The number of nitrogens with two attached hydrogens (primary N) is 1. The predicted octanol–water partition coefficient (Wildman–Crippen LogP) is -0.546. The van der Waals surface area contributed by atoms with Crippen LogP contribution in [0.25, 0.3) is 0 Å². The Morgan fingerprint density at radius 2 is 2.06 bits per heavy atom. The average Bonchev–Trinajstić information content (AvgIpc) is 2.24. The Hall–Kier alpha value is -1.14. The van der Waals surface area contributed by atoms with Gasteiger partial charge in [0.25, 0.3) is 0 Å². The predicted molar refractivity (Wildman–Crippen MR) is 61.2 cm³/mol. The van der Waals surface area contributed by atoms with Crippen LogP contribution < -0.4 is 11.1 Å². The SMILES string of the molecule is C[C@@H](O)[C@H](NC(=O)C1CCCC(N)C1)C(=O)O. The van der Waals surface area contributed by atoms with Crippen LogP contribution in [0.5, 0.6) is 0 Å². The smallest absolute Gasteiger partial charge is 0.328 e. The summed E-state index contributed by atoms with van der Waals surface area (Å²) in [7, 11) is 0. The molecule has 5 N–H and O–H groups in total. The average molecular weight is 244 g/mol. The first-order valence-corrected chi connectivity index (χ1v) is 5.88. The fourth-order valence-electron chi connectivity index (χ4n) is 2.13. The van der Waals surface area contributed by atoms with Crippen LogP contribution in [-0.2, 0) is 9.59 Å². The van der Waals surface area contributed by atoms with Gasteiger partial charge in [-0.15, -0.1) is 0 Å². The molecule has 1 rings (SSSR count). The molecule has 0 aromatic heterocycles. The van der Waals surface area contributed by atoms with Gasteiger partial charge in [0.05, 0.1) is 6.10 Å². The topological polar surface area (TPSA) is 113 Å². The maximum absolute atomic E-state index is 11.8. The van der Waals surface area contributed by atoms with Crippen LogP contribution in [0.1, 0.15) is 32.6 Å². The highest BCUT2D eigenvalue weighted by molar-refractivity contribution is 5.85. The molecule has 0 radical (unpaired) electrons. The van der Waals surface area contributed by atoms with E-state index in [9.17, 15) is 14.7 Å². The Bertz CT molecular complexity index is 293. The molecular formula is C11H20N2O4. The normalized spacial score (nSPS) is 28.2. The van der Waals surface area contributed by atoms with E-state index in [0.29, 0.717) is 6.42 Å². The molecule has 0 aliphatic heterocycles. The first kappa shape index (κ1) is 13.9. The Kier molecular flexibility index (Phi) is 4.89. The van der Waals surface area contributed by atoms with E-state index in [0.717, 1.165) is 19.3 Å². The van der Waals surface area contributed by atoms with Gasteiger partial charge in [0.15, 0.2) is 6.04 Å². The molecule has 6 nitrogen and oxygen atoms in total. The Labute approximate surface area is 100 Å². The molecule has 0 saturated heterocycles. The number of carbonyl (C=O) groups excluding carboxylic acids is 1. The second kappa shape index (κ2) is 5.97. The second-order valence-electron chi connectivity index (χ2n) is 4.69. The standard InChI is InChI=1S/C11H20N2O4/c1-6(14)9(11(16)17)13-10(15)7-3-2-4-8(12)5-7/h6-9,14H,2-5,12H2,1H3,(H,13,15)(H,16,17)/t6-,7?,8?,9+/m1/s1. The fourth-order valence-corrected chi connectivity index (χ4v) is 2.13. The van der Waals surface area contributed by atoms with Crippen molar-refractivity contribution in [1.82, 2.24) is 5.32 Å². The Morgan fingerprint density at radius 1 is 1.41 bits per heavy atom. The van der Waals surface area contributed by atoms with E-state index >= 15 is 0 Å². The number of amides is 1. The summed E-state index contributed by atoms with van der Waals surface area (Å²) in [6.07, 6.45) is 1.98. The summed E-state index contributed by atoms with van der Waals surface area (Å²) in [5.41, 5.74) is 5.77. The number of carboxylic acids is 1. The third-order valence-electron chi connectivity index (χ3n) is 3.13. The van der Waals surface area contributed by atoms with Gasteiger partial charge >= 0.3 is 5.97 Å². The van der Waals surface area contributed by atoms with Gasteiger partial charge in [0.2, 0.25) is 5.91 Å². The molecule has 6 heteroatoms. The molecule has 98 valence electrons. The van der Waals surface area contributed by atoms with E-state index < -0.39 is 18.1 Å². The lowest BCUT2D eigenvalue weighted by Gasteiger charge is -2.27. The van der Waals surface area contributed by atoms with Crippen LogP contribution in [0.2, 0.25) is 0 Å². The molecule has 0 aromatic carbocycles. The van der Waals surface area contributed by atoms with Crippen LogP contribution in [-0.4, -0.2) is 40.3 Å². The fraction of sp³-hybridized carbons (Fsp3) is 0.818. The minimum Gasteiger partial charge on any atom is -0.480 e. The zero-order valence-corrected chi connectivity index (χ0v) is 9.93. The van der Waals surface area contributed by atoms with Crippen LogP contribution >= 0.6 is 0 Å². The molecule has 1 fully saturated rings. The summed E-state index contributed by atoms with van der Waals surface area (Å²) in [5, 5.41) is 20.5. The van der Waals surface area contributed by atoms with Crippen molar-refractivity contribution in [3.63, 3.8) is 0 Å². The van der Waals surface area contributed by atoms with E-state index in [1.54, 1.807) is 0 Å². The molecule has 0 heterocycles. The molecule has 0 spiro atoms. The Balaban J connectivity index is 2.54. The molecule has 0 aromatic rings. The molecule has 1 amide bonds. The number of nitrogens with one attached hydrogen (secondary N) is 1. The van der Waals surface area contributed by atoms with Crippen molar-refractivity contribution in [3.05, 3.63) is 0 Å². The molecule has 17 heavy (non-hydrogen) atoms. The van der Waals surface area contributed by atoms with Crippen LogP contribution in [0.4, 0.5) is 0 Å². The van der Waals surface area contributed by atoms with E-state index in [-0.39, 0.29) is 17.9 Å². The lowest BCUT2D eigenvalue weighted by atomic mass is 9.85. The van der Waals surface area contributed by atoms with Crippen molar-refractivity contribution in [1.29, 1.82) is 0 Å². The molecule has 1 aliphatic rings. The summed E-state index contributed by atoms with van der Waals surface area (Å²) >= 11 is 0. The molecular weight excluding hydrogens is 224 g/mol. The van der Waals surface area contributed by atoms with Gasteiger partial charge in [-0.1, -0.05) is 6.42 Å². The summed E-state index contributed by atoms with van der Waals surface area (Å²) in [4.78, 5) is 22.6. The number of aliphatic hydroxyl groups excluding tert-OH is 1. The zero-order valence-electron chi connectivity index (χ0n) is 9.93. The van der Waals surface area contributed by atoms with E-state index in [2.05, 4.69) is 5.32 Å². The first-order chi connectivity index (χ1) is 7.91. The monoisotopic (exact) mass is 244 g/mol. The van der Waals surface area contributed by atoms with E-state index in [1.165, 1.54) is 6.92 Å². The summed E-state index contributed by atoms with van der Waals surface area (Å²) in [5.74, 6) is -1.79. The van der Waals surface area contributed by atoms with Crippen molar-refractivity contribution >= 4 is 11.9 Å². The highest BCUT2D eigenvalue weighted by Crippen LogP contribution is 2.23. The minimum atomic E-state index is -1.25. The number of carbonyl (C=O) groups is 2. The minimum absolute atomic E-state index is 0.00864. The third-order valence-corrected chi connectivity index (χ3v) is 3.13. The molecule has 1 aliphatic carbocycles. The van der Waals surface area contributed by atoms with Gasteiger partial charge in [-0.2, -0.15) is 0 Å². The van der Waals surface area contributed by atoms with Gasteiger partial charge in [-0.3, -0.25) is 4.79 Å². The van der Waals surface area contributed by atoms with Gasteiger partial charge in [0, 0.05) is 12.0 Å². The van der Waals surface area contributed by atoms with Gasteiger partial charge in [-0.05, 0) is 26.2 Å². The number of hydrogen-bond donors (Lipinski definition) is 4. The van der Waals surface area contributed by atoms with Crippen molar-refractivity contribution < 1.29 is 19.8 Å². The number of hydrogen-bond acceptors (Lipinski definition) is 4. The quantitative estimate of drug-likeness (QED) is 0.530. The van der Waals surface area contributed by atoms with Crippen molar-refractivity contribution in [2.24, 2.45) is 11.7 Å². The van der Waals surface area contributed by atoms with Crippen LogP contribution in [0.3, 0.4) is 0 Å². The van der Waals surface area contributed by atoms with Crippen LogP contribution in [0, 0.1) is 5.92 Å². The van der Waals surface area contributed by atoms with Gasteiger partial charge in [0.1, 0.15) is 0 Å².